The first-order valence-corrected chi connectivity index (χ1v) is 7.75. The third-order valence-corrected chi connectivity index (χ3v) is 3.88. The Hall–Kier alpha value is -1.95. The molecule has 0 unspecified atom stereocenters. The molecule has 0 aliphatic carbocycles. The van der Waals surface area contributed by atoms with Crippen LogP contribution in [0, 0.1) is 10.1 Å². The lowest BCUT2D eigenvalue weighted by molar-refractivity contribution is -0.384. The van der Waals surface area contributed by atoms with E-state index in [1.165, 1.54) is 0 Å². The summed E-state index contributed by atoms with van der Waals surface area (Å²) in [6, 6.07) is 9.19. The van der Waals surface area contributed by atoms with Gasteiger partial charge in [0, 0.05) is 36.9 Å². The molecule has 0 saturated carbocycles. The molecule has 2 aromatic rings. The van der Waals surface area contributed by atoms with E-state index >= 15 is 0 Å². The van der Waals surface area contributed by atoms with Crippen molar-refractivity contribution in [3.8, 4) is 0 Å². The average molecular weight is 350 g/mol. The van der Waals surface area contributed by atoms with Crippen LogP contribution in [0.2, 0.25) is 0 Å². The van der Waals surface area contributed by atoms with Crippen LogP contribution >= 0.6 is 15.9 Å². The monoisotopic (exact) mass is 349 g/mol. The smallest absolute Gasteiger partial charge is 0.292 e. The van der Waals surface area contributed by atoms with Crippen molar-refractivity contribution in [1.29, 1.82) is 0 Å². The highest BCUT2D eigenvalue weighted by Gasteiger charge is 2.19. The van der Waals surface area contributed by atoms with Crippen molar-refractivity contribution in [2.45, 2.75) is 18.8 Å². The minimum Gasteiger partial charge on any atom is -0.362 e. The highest BCUT2D eigenvalue weighted by molar-refractivity contribution is 9.08. The van der Waals surface area contributed by atoms with E-state index in [9.17, 15) is 10.1 Å². The van der Waals surface area contributed by atoms with Crippen LogP contribution in [0.5, 0.6) is 0 Å². The molecular formula is C15H16BrN3O2. The molecule has 21 heavy (non-hydrogen) atoms. The summed E-state index contributed by atoms with van der Waals surface area (Å²) in [6.07, 6.45) is 3.46. The number of nitrogens with zero attached hydrogens (tertiary/aromatic N) is 3. The van der Waals surface area contributed by atoms with Gasteiger partial charge in [0.2, 0.25) is 0 Å². The number of nitro groups is 1. The first kappa shape index (κ1) is 15.4. The van der Waals surface area contributed by atoms with Crippen LogP contribution in [0.25, 0.3) is 0 Å². The molecule has 0 spiro atoms. The Kier molecular flexibility index (Phi) is 5.27. The summed E-state index contributed by atoms with van der Waals surface area (Å²) in [7, 11) is 0. The molecule has 2 rings (SSSR count). The molecule has 0 amide bonds. The topological polar surface area (TPSA) is 59.3 Å². The van der Waals surface area contributed by atoms with E-state index in [1.807, 2.05) is 36.1 Å². The molecule has 0 aliphatic rings. The quantitative estimate of drug-likeness (QED) is 0.450. The van der Waals surface area contributed by atoms with Gasteiger partial charge in [-0.2, -0.15) is 0 Å². The Bertz CT molecular complexity index is 620. The molecule has 1 aromatic heterocycles. The van der Waals surface area contributed by atoms with Crippen molar-refractivity contribution in [3.05, 3.63) is 64.0 Å². The summed E-state index contributed by atoms with van der Waals surface area (Å²) >= 11 is 3.33. The Morgan fingerprint density at radius 1 is 1.24 bits per heavy atom. The van der Waals surface area contributed by atoms with Gasteiger partial charge in [0.05, 0.1) is 4.92 Å². The van der Waals surface area contributed by atoms with Crippen molar-refractivity contribution in [2.75, 3.05) is 11.4 Å². The van der Waals surface area contributed by atoms with Crippen LogP contribution in [0.4, 0.5) is 11.4 Å². The zero-order chi connectivity index (χ0) is 15.2. The number of halogens is 1. The number of alkyl halides is 1. The van der Waals surface area contributed by atoms with Crippen molar-refractivity contribution in [2.24, 2.45) is 0 Å². The fourth-order valence-corrected chi connectivity index (χ4v) is 2.49. The predicted molar refractivity (Wildman–Crippen MR) is 86.7 cm³/mol. The van der Waals surface area contributed by atoms with Crippen molar-refractivity contribution < 1.29 is 4.92 Å². The maximum atomic E-state index is 11.3. The number of benzene rings is 1. The summed E-state index contributed by atoms with van der Waals surface area (Å²) in [5.74, 6) is 0. The van der Waals surface area contributed by atoms with Gasteiger partial charge in [-0.15, -0.1) is 0 Å². The van der Waals surface area contributed by atoms with Crippen LogP contribution < -0.4 is 4.90 Å². The van der Waals surface area contributed by atoms with Gasteiger partial charge >= 0.3 is 0 Å². The molecule has 1 heterocycles. The largest absolute Gasteiger partial charge is 0.362 e. The van der Waals surface area contributed by atoms with Gasteiger partial charge < -0.3 is 4.90 Å². The number of pyridine rings is 1. The number of hydrogen-bond acceptors (Lipinski definition) is 4. The number of anilines is 1. The van der Waals surface area contributed by atoms with Crippen LogP contribution in [-0.2, 0) is 11.9 Å². The number of aromatic nitrogens is 1. The molecule has 110 valence electrons. The normalized spacial score (nSPS) is 10.4. The molecule has 0 fully saturated rings. The van der Waals surface area contributed by atoms with E-state index in [0.717, 1.165) is 11.1 Å². The Labute approximate surface area is 131 Å². The Morgan fingerprint density at radius 2 is 1.95 bits per heavy atom. The molecule has 0 atom stereocenters. The molecule has 1 aromatic carbocycles. The van der Waals surface area contributed by atoms with E-state index in [0.29, 0.717) is 24.1 Å². The van der Waals surface area contributed by atoms with E-state index in [4.69, 9.17) is 0 Å². The maximum absolute atomic E-state index is 11.3. The molecule has 0 bridgehead atoms. The lowest BCUT2D eigenvalue weighted by Crippen LogP contribution is -2.23. The molecule has 0 aliphatic heterocycles. The van der Waals surface area contributed by atoms with Gasteiger partial charge in [-0.1, -0.05) is 22.0 Å². The van der Waals surface area contributed by atoms with E-state index in [2.05, 4.69) is 20.9 Å². The third-order valence-electron chi connectivity index (χ3n) is 3.24. The van der Waals surface area contributed by atoms with Crippen LogP contribution in [0.3, 0.4) is 0 Å². The summed E-state index contributed by atoms with van der Waals surface area (Å²) in [6.45, 7) is 3.30. The second-order valence-corrected chi connectivity index (χ2v) is 5.14. The van der Waals surface area contributed by atoms with Crippen molar-refractivity contribution in [1.82, 2.24) is 4.98 Å². The zero-order valence-electron chi connectivity index (χ0n) is 11.7. The number of nitro benzene ring substituents is 1. The van der Waals surface area contributed by atoms with Crippen LogP contribution in [0.1, 0.15) is 18.1 Å². The van der Waals surface area contributed by atoms with E-state index in [1.54, 1.807) is 18.5 Å². The highest BCUT2D eigenvalue weighted by atomic mass is 79.9. The minimum absolute atomic E-state index is 0.142. The zero-order valence-corrected chi connectivity index (χ0v) is 13.3. The molecular weight excluding hydrogens is 334 g/mol. The average Bonchev–Trinajstić information content (AvgIpc) is 2.53. The summed E-state index contributed by atoms with van der Waals surface area (Å²) < 4.78 is 0. The summed E-state index contributed by atoms with van der Waals surface area (Å²) in [4.78, 5) is 17.0. The molecule has 6 heteroatoms. The molecule has 0 N–H and O–H groups in total. The fraction of sp³-hybridized carbons (Fsp3) is 0.267. The maximum Gasteiger partial charge on any atom is 0.292 e. The second-order valence-electron chi connectivity index (χ2n) is 4.58. The fourth-order valence-electron chi connectivity index (χ4n) is 2.14. The number of hydrogen-bond donors (Lipinski definition) is 0. The summed E-state index contributed by atoms with van der Waals surface area (Å²) in [5, 5.41) is 11.9. The first-order chi connectivity index (χ1) is 10.2. The van der Waals surface area contributed by atoms with Crippen LogP contribution in [0.15, 0.2) is 42.7 Å². The lowest BCUT2D eigenvalue weighted by Gasteiger charge is -2.23. The van der Waals surface area contributed by atoms with E-state index < -0.39 is 0 Å². The molecule has 0 saturated heterocycles. The van der Waals surface area contributed by atoms with Gasteiger partial charge in [0.1, 0.15) is 5.69 Å². The van der Waals surface area contributed by atoms with Crippen molar-refractivity contribution in [3.63, 3.8) is 0 Å². The van der Waals surface area contributed by atoms with Gasteiger partial charge in [0.15, 0.2) is 0 Å². The lowest BCUT2D eigenvalue weighted by atomic mass is 10.1. The third kappa shape index (κ3) is 3.78. The Balaban J connectivity index is 2.35. The van der Waals surface area contributed by atoms with Gasteiger partial charge in [0.25, 0.3) is 5.69 Å². The van der Waals surface area contributed by atoms with Crippen molar-refractivity contribution >= 4 is 27.3 Å². The Morgan fingerprint density at radius 3 is 2.52 bits per heavy atom. The highest BCUT2D eigenvalue weighted by Crippen LogP contribution is 2.30. The van der Waals surface area contributed by atoms with Gasteiger partial charge in [-0.05, 0) is 36.2 Å². The van der Waals surface area contributed by atoms with E-state index in [-0.39, 0.29) is 10.6 Å². The van der Waals surface area contributed by atoms with Crippen LogP contribution in [-0.4, -0.2) is 16.5 Å². The predicted octanol–water partition coefficient (Wildman–Crippen LogP) is 3.91. The second kappa shape index (κ2) is 7.17. The SMILES string of the molecule is CCN(Cc1ccncc1)c1ccc(CBr)cc1[N+](=O)[O-]. The number of rotatable bonds is 6. The molecule has 5 nitrogen and oxygen atoms in total. The minimum atomic E-state index is -0.323. The first-order valence-electron chi connectivity index (χ1n) is 6.62. The summed E-state index contributed by atoms with van der Waals surface area (Å²) in [5.41, 5.74) is 2.75. The van der Waals surface area contributed by atoms with Gasteiger partial charge in [-0.25, -0.2) is 0 Å². The van der Waals surface area contributed by atoms with Gasteiger partial charge in [-0.3, -0.25) is 15.1 Å². The standard InChI is InChI=1S/C15H16BrN3O2/c1-2-18(11-12-5-7-17-8-6-12)14-4-3-13(10-16)9-15(14)19(20)21/h3-9H,2,10-11H2,1H3. The molecule has 0 radical (unpaired) electrons.